The van der Waals surface area contributed by atoms with Gasteiger partial charge in [0.2, 0.25) is 0 Å². The predicted octanol–water partition coefficient (Wildman–Crippen LogP) is 1.73. The fourth-order valence-corrected chi connectivity index (χ4v) is 0.134. The van der Waals surface area contributed by atoms with Crippen molar-refractivity contribution in [1.82, 2.24) is 0 Å². The highest BCUT2D eigenvalue weighted by atomic mass is 35.5. The standard InChI is InChI=1S/C4H4Cl/c1-2-3-4-5/h2-3H,1H2. The molecule has 1 heteroatoms. The molecule has 0 rings (SSSR count). The van der Waals surface area contributed by atoms with Crippen molar-refractivity contribution in [2.24, 2.45) is 0 Å². The van der Waals surface area contributed by atoms with Gasteiger partial charge >= 0.3 is 0 Å². The van der Waals surface area contributed by atoms with E-state index >= 15 is 0 Å². The SMILES string of the molecule is C=C/C=[C]/Cl. The molecule has 0 heterocycles. The Hall–Kier alpha value is -0.230. The average molecular weight is 87.5 g/mol. The molecule has 0 aliphatic rings. The second-order valence-corrected chi connectivity index (χ2v) is 0.730. The summed E-state index contributed by atoms with van der Waals surface area (Å²) in [4.78, 5) is 0. The van der Waals surface area contributed by atoms with E-state index in [0.29, 0.717) is 0 Å². The number of hydrogen-bond donors (Lipinski definition) is 0. The van der Waals surface area contributed by atoms with Gasteiger partial charge < -0.3 is 0 Å². The lowest BCUT2D eigenvalue weighted by Gasteiger charge is -1.52. The van der Waals surface area contributed by atoms with Crippen LogP contribution >= 0.6 is 11.6 Å². The van der Waals surface area contributed by atoms with E-state index in [2.05, 4.69) is 12.1 Å². The zero-order chi connectivity index (χ0) is 4.12. The number of rotatable bonds is 1. The summed E-state index contributed by atoms with van der Waals surface area (Å²) in [7, 11) is 0. The molecule has 0 aliphatic heterocycles. The van der Waals surface area contributed by atoms with E-state index in [4.69, 9.17) is 11.6 Å². The first-order valence-corrected chi connectivity index (χ1v) is 1.60. The third-order valence-corrected chi connectivity index (χ3v) is 0.307. The quantitative estimate of drug-likeness (QED) is 0.427. The predicted molar refractivity (Wildman–Crippen MR) is 23.9 cm³/mol. The van der Waals surface area contributed by atoms with Crippen LogP contribution in [0.4, 0.5) is 0 Å². The molecule has 0 aromatic carbocycles. The molecule has 5 heavy (non-hydrogen) atoms. The minimum Gasteiger partial charge on any atom is -0.0990 e. The van der Waals surface area contributed by atoms with E-state index in [1.807, 2.05) is 0 Å². The second kappa shape index (κ2) is 3.77. The van der Waals surface area contributed by atoms with Gasteiger partial charge in [-0.1, -0.05) is 24.3 Å². The maximum absolute atomic E-state index is 4.92. The van der Waals surface area contributed by atoms with Gasteiger partial charge in [0.1, 0.15) is 0 Å². The highest BCUT2D eigenvalue weighted by Gasteiger charge is 1.46. The Balaban J connectivity index is 2.92. The summed E-state index contributed by atoms with van der Waals surface area (Å²) >= 11 is 4.92. The van der Waals surface area contributed by atoms with Crippen molar-refractivity contribution >= 4 is 11.6 Å². The monoisotopic (exact) mass is 87.0 g/mol. The normalized spacial score (nSPS) is 9.00. The van der Waals surface area contributed by atoms with Crippen molar-refractivity contribution in [1.29, 1.82) is 0 Å². The van der Waals surface area contributed by atoms with Crippen LogP contribution in [0.5, 0.6) is 0 Å². The Morgan fingerprint density at radius 2 is 2.40 bits per heavy atom. The highest BCUT2D eigenvalue weighted by molar-refractivity contribution is 6.22. The first-order valence-electron chi connectivity index (χ1n) is 1.22. The molecular weight excluding hydrogens is 83.5 g/mol. The first kappa shape index (κ1) is 4.77. The Morgan fingerprint density at radius 3 is 2.40 bits per heavy atom. The minimum absolute atomic E-state index is 1.53. The lowest BCUT2D eigenvalue weighted by molar-refractivity contribution is 2.06. The van der Waals surface area contributed by atoms with Crippen LogP contribution in [0.1, 0.15) is 0 Å². The van der Waals surface area contributed by atoms with Gasteiger partial charge in [-0.25, -0.2) is 0 Å². The molecule has 0 saturated carbocycles. The van der Waals surface area contributed by atoms with Crippen molar-refractivity contribution in [2.45, 2.75) is 0 Å². The van der Waals surface area contributed by atoms with Crippen molar-refractivity contribution < 1.29 is 0 Å². The summed E-state index contributed by atoms with van der Waals surface area (Å²) in [5.74, 6) is 0. The molecule has 0 spiro atoms. The fourth-order valence-electron chi connectivity index (χ4n) is 0.0445. The van der Waals surface area contributed by atoms with E-state index in [0.717, 1.165) is 0 Å². The lowest BCUT2D eigenvalue weighted by Crippen LogP contribution is -1.30. The van der Waals surface area contributed by atoms with Crippen LogP contribution in [-0.2, 0) is 0 Å². The summed E-state index contributed by atoms with van der Waals surface area (Å²) in [6.45, 7) is 3.35. The number of halogens is 1. The summed E-state index contributed by atoms with van der Waals surface area (Å²) < 4.78 is 0. The second-order valence-electron chi connectivity index (χ2n) is 0.511. The van der Waals surface area contributed by atoms with Crippen molar-refractivity contribution in [3.8, 4) is 0 Å². The van der Waals surface area contributed by atoms with Crippen LogP contribution in [0.15, 0.2) is 18.7 Å². The van der Waals surface area contributed by atoms with Crippen LogP contribution in [0.25, 0.3) is 0 Å². The van der Waals surface area contributed by atoms with Gasteiger partial charge in [-0.3, -0.25) is 0 Å². The van der Waals surface area contributed by atoms with E-state index in [1.54, 1.807) is 6.08 Å². The summed E-state index contributed by atoms with van der Waals surface area (Å²) in [6.07, 6.45) is 3.09. The van der Waals surface area contributed by atoms with Gasteiger partial charge in [-0.05, 0) is 6.08 Å². The number of hydrogen-bond acceptors (Lipinski definition) is 0. The topological polar surface area (TPSA) is 0 Å². The van der Waals surface area contributed by atoms with Gasteiger partial charge in [0, 0.05) is 0 Å². The van der Waals surface area contributed by atoms with Gasteiger partial charge in [0.15, 0.2) is 0 Å². The Morgan fingerprint density at radius 1 is 1.80 bits per heavy atom. The molecule has 0 atom stereocenters. The molecule has 0 amide bonds. The zero-order valence-electron chi connectivity index (χ0n) is 2.74. The molecule has 0 saturated heterocycles. The zero-order valence-corrected chi connectivity index (χ0v) is 3.50. The summed E-state index contributed by atoms with van der Waals surface area (Å²) in [6, 6.07) is 0. The maximum Gasteiger partial charge on any atom is 0.0592 e. The smallest absolute Gasteiger partial charge is 0.0592 e. The van der Waals surface area contributed by atoms with Gasteiger partial charge in [0.25, 0.3) is 0 Å². The largest absolute Gasteiger partial charge is 0.0990 e. The average Bonchev–Trinajstić information content (AvgIpc) is 1.41. The third kappa shape index (κ3) is 3.77. The molecule has 0 bridgehead atoms. The third-order valence-electron chi connectivity index (χ3n) is 0.181. The highest BCUT2D eigenvalue weighted by Crippen LogP contribution is 1.72. The number of allylic oxidation sites excluding steroid dienone is 2. The van der Waals surface area contributed by atoms with Crippen molar-refractivity contribution in [3.05, 3.63) is 24.3 Å². The van der Waals surface area contributed by atoms with Crippen LogP contribution in [0, 0.1) is 5.54 Å². The first-order chi connectivity index (χ1) is 2.41. The molecule has 1 radical (unpaired) electrons. The van der Waals surface area contributed by atoms with Crippen LogP contribution in [0.3, 0.4) is 0 Å². The Kier molecular flexibility index (Phi) is 3.60. The minimum atomic E-state index is 1.53. The van der Waals surface area contributed by atoms with Crippen LogP contribution < -0.4 is 0 Å². The maximum atomic E-state index is 4.92. The lowest BCUT2D eigenvalue weighted by atomic mass is 10.6. The molecule has 0 N–H and O–H groups in total. The summed E-state index contributed by atoms with van der Waals surface area (Å²) in [5, 5.41) is 0. The van der Waals surface area contributed by atoms with E-state index in [9.17, 15) is 0 Å². The Bertz CT molecular complexity index is 45.6. The molecule has 27 valence electrons. The van der Waals surface area contributed by atoms with Crippen LogP contribution in [-0.4, -0.2) is 0 Å². The van der Waals surface area contributed by atoms with Gasteiger partial charge in [-0.15, -0.1) is 0 Å². The molecular formula is C4H4Cl. The Labute approximate surface area is 36.8 Å². The summed E-state index contributed by atoms with van der Waals surface area (Å²) in [5.41, 5.74) is 2.25. The van der Waals surface area contributed by atoms with Gasteiger partial charge in [0.05, 0.1) is 5.54 Å². The molecule has 0 nitrogen and oxygen atoms in total. The van der Waals surface area contributed by atoms with Crippen LogP contribution in [0.2, 0.25) is 0 Å². The molecule has 0 aliphatic carbocycles. The molecule has 0 unspecified atom stereocenters. The van der Waals surface area contributed by atoms with E-state index in [1.165, 1.54) is 6.08 Å². The van der Waals surface area contributed by atoms with Crippen molar-refractivity contribution in [2.75, 3.05) is 0 Å². The van der Waals surface area contributed by atoms with Gasteiger partial charge in [-0.2, -0.15) is 0 Å². The molecule has 0 fully saturated rings. The molecule has 0 aromatic rings. The van der Waals surface area contributed by atoms with E-state index < -0.39 is 0 Å². The van der Waals surface area contributed by atoms with E-state index in [-0.39, 0.29) is 0 Å². The fraction of sp³-hybridized carbons (Fsp3) is 0. The molecule has 0 aromatic heterocycles. The van der Waals surface area contributed by atoms with Crippen molar-refractivity contribution in [3.63, 3.8) is 0 Å².